The molecular weight excluding hydrogens is 373 g/mol. The first-order valence-electron chi connectivity index (χ1n) is 9.99. The van der Waals surface area contributed by atoms with Crippen molar-refractivity contribution >= 4 is 6.03 Å². The molecule has 0 unspecified atom stereocenters. The molecule has 1 spiro atoms. The molecule has 0 radical (unpaired) electrons. The Hall–Kier alpha value is -1.84. The number of nitrogens with one attached hydrogen (secondary N) is 2. The second kappa shape index (κ2) is 6.08. The zero-order valence-electron chi connectivity index (χ0n) is 15.6. The van der Waals surface area contributed by atoms with E-state index >= 15 is 0 Å². The molecule has 7 nitrogen and oxygen atoms in total. The van der Waals surface area contributed by atoms with Gasteiger partial charge in [-0.3, -0.25) is 5.10 Å². The van der Waals surface area contributed by atoms with Gasteiger partial charge in [-0.2, -0.15) is 18.3 Å². The minimum atomic E-state index is -4.10. The smallest absolute Gasteiger partial charge is 0.324 e. The summed E-state index contributed by atoms with van der Waals surface area (Å²) in [7, 11) is 0. The lowest BCUT2D eigenvalue weighted by atomic mass is 9.60. The maximum absolute atomic E-state index is 13.0. The topological polar surface area (TPSA) is 77.2 Å². The fourth-order valence-corrected chi connectivity index (χ4v) is 5.11. The van der Waals surface area contributed by atoms with Gasteiger partial charge in [-0.1, -0.05) is 0 Å². The van der Waals surface area contributed by atoms with Gasteiger partial charge in [0.05, 0.1) is 5.41 Å². The summed E-state index contributed by atoms with van der Waals surface area (Å²) in [5.41, 5.74) is -1.36. The van der Waals surface area contributed by atoms with Crippen molar-refractivity contribution in [1.29, 1.82) is 0 Å². The standard InChI is InChI=1S/C18H25F3N6O/c19-18(20,21)17(2-3-17)8-22-13-5-16(6-13)9-27(10-16)15(28)26-4-1-12(7-26)14-23-11-24-25-14/h11-13,22H,1-10H2,(H,23,24,25)/t12-/m0/s1. The van der Waals surface area contributed by atoms with Crippen LogP contribution in [0.4, 0.5) is 18.0 Å². The van der Waals surface area contributed by atoms with Crippen molar-refractivity contribution in [3.05, 3.63) is 12.2 Å². The van der Waals surface area contributed by atoms with Crippen molar-refractivity contribution in [2.24, 2.45) is 10.8 Å². The van der Waals surface area contributed by atoms with Gasteiger partial charge < -0.3 is 15.1 Å². The van der Waals surface area contributed by atoms with Crippen LogP contribution < -0.4 is 5.32 Å². The van der Waals surface area contributed by atoms with Crippen LogP contribution in [0, 0.1) is 10.8 Å². The van der Waals surface area contributed by atoms with Crippen molar-refractivity contribution in [2.75, 3.05) is 32.7 Å². The van der Waals surface area contributed by atoms with E-state index in [0.29, 0.717) is 6.54 Å². The molecule has 1 aromatic heterocycles. The SMILES string of the molecule is O=C(N1CC[C@H](c2ncn[nH]2)C1)N1CC2(CC(NCC3(C(F)(F)F)CC3)C2)C1. The molecule has 2 aliphatic carbocycles. The molecule has 28 heavy (non-hydrogen) atoms. The summed E-state index contributed by atoms with van der Waals surface area (Å²) >= 11 is 0. The number of hydrogen-bond donors (Lipinski definition) is 2. The van der Waals surface area contributed by atoms with E-state index in [4.69, 9.17) is 0 Å². The number of aromatic nitrogens is 3. The third-order valence-electron chi connectivity index (χ3n) is 7.15. The molecule has 2 aliphatic heterocycles. The number of hydrogen-bond acceptors (Lipinski definition) is 4. The number of nitrogens with zero attached hydrogens (tertiary/aromatic N) is 4. The Morgan fingerprint density at radius 3 is 2.64 bits per heavy atom. The van der Waals surface area contributed by atoms with E-state index in [9.17, 15) is 18.0 Å². The van der Waals surface area contributed by atoms with Crippen molar-refractivity contribution in [3.8, 4) is 0 Å². The van der Waals surface area contributed by atoms with Crippen LogP contribution in [-0.4, -0.2) is 76.0 Å². The van der Waals surface area contributed by atoms with Gasteiger partial charge >= 0.3 is 12.2 Å². The summed E-state index contributed by atoms with van der Waals surface area (Å²) in [5, 5.41) is 9.87. The number of halogens is 3. The third-order valence-corrected chi connectivity index (χ3v) is 7.15. The highest BCUT2D eigenvalue weighted by Crippen LogP contribution is 2.57. The van der Waals surface area contributed by atoms with Gasteiger partial charge in [0.1, 0.15) is 12.2 Å². The molecule has 3 heterocycles. The lowest BCUT2D eigenvalue weighted by Gasteiger charge is -2.59. The minimum Gasteiger partial charge on any atom is -0.324 e. The van der Waals surface area contributed by atoms with E-state index in [-0.39, 0.29) is 42.8 Å². The molecule has 2 saturated heterocycles. The highest BCUT2D eigenvalue weighted by atomic mass is 19.4. The number of alkyl halides is 3. The van der Waals surface area contributed by atoms with E-state index in [1.54, 1.807) is 0 Å². The lowest BCUT2D eigenvalue weighted by Crippen LogP contribution is -2.68. The second-order valence-corrected chi connectivity index (χ2v) is 9.21. The molecule has 0 aromatic carbocycles. The van der Waals surface area contributed by atoms with Crippen molar-refractivity contribution in [1.82, 2.24) is 30.3 Å². The largest absolute Gasteiger partial charge is 0.395 e. The monoisotopic (exact) mass is 398 g/mol. The van der Waals surface area contributed by atoms with Crippen LogP contribution in [0.1, 0.15) is 43.8 Å². The quantitative estimate of drug-likeness (QED) is 0.815. The molecule has 1 atom stereocenters. The zero-order valence-corrected chi connectivity index (χ0v) is 15.6. The number of rotatable bonds is 4. The average molecular weight is 398 g/mol. The van der Waals surface area contributed by atoms with Gasteiger partial charge in [-0.15, -0.1) is 0 Å². The number of carbonyl (C=O) groups excluding carboxylic acids is 1. The average Bonchev–Trinajstić information content (AvgIpc) is 3.00. The molecular formula is C18H25F3N6O. The normalized spacial score (nSPS) is 28.3. The van der Waals surface area contributed by atoms with Crippen LogP contribution in [-0.2, 0) is 0 Å². The minimum absolute atomic E-state index is 0.0384. The number of amides is 2. The number of aromatic amines is 1. The number of urea groups is 1. The summed E-state index contributed by atoms with van der Waals surface area (Å²) in [6, 6.07) is 0.220. The summed E-state index contributed by atoms with van der Waals surface area (Å²) in [4.78, 5) is 20.6. The second-order valence-electron chi connectivity index (χ2n) is 9.21. The van der Waals surface area contributed by atoms with Gasteiger partial charge in [0.2, 0.25) is 0 Å². The molecule has 5 rings (SSSR count). The summed E-state index contributed by atoms with van der Waals surface area (Å²) < 4.78 is 39.0. The fourth-order valence-electron chi connectivity index (χ4n) is 5.11. The molecule has 2 N–H and O–H groups in total. The summed E-state index contributed by atoms with van der Waals surface area (Å²) in [6.45, 7) is 2.85. The van der Waals surface area contributed by atoms with E-state index in [2.05, 4.69) is 20.5 Å². The highest BCUT2D eigenvalue weighted by Gasteiger charge is 2.63. The van der Waals surface area contributed by atoms with Crippen molar-refractivity contribution in [3.63, 3.8) is 0 Å². The van der Waals surface area contributed by atoms with Crippen LogP contribution >= 0.6 is 0 Å². The Balaban J connectivity index is 1.05. The van der Waals surface area contributed by atoms with Gasteiger partial charge in [0, 0.05) is 50.1 Å². The van der Waals surface area contributed by atoms with Crippen LogP contribution in [0.3, 0.4) is 0 Å². The zero-order chi connectivity index (χ0) is 19.6. The van der Waals surface area contributed by atoms with Crippen LogP contribution in [0.2, 0.25) is 0 Å². The molecule has 4 aliphatic rings. The molecule has 2 amide bonds. The van der Waals surface area contributed by atoms with Gasteiger partial charge in [-0.05, 0) is 32.1 Å². The predicted molar refractivity (Wildman–Crippen MR) is 93.5 cm³/mol. The van der Waals surface area contributed by atoms with E-state index < -0.39 is 11.6 Å². The van der Waals surface area contributed by atoms with Gasteiger partial charge in [-0.25, -0.2) is 9.78 Å². The number of H-pyrrole nitrogens is 1. The Kier molecular flexibility index (Phi) is 3.95. The maximum Gasteiger partial charge on any atom is 0.395 e. The van der Waals surface area contributed by atoms with E-state index in [0.717, 1.165) is 44.7 Å². The van der Waals surface area contributed by atoms with Crippen LogP contribution in [0.25, 0.3) is 0 Å². The first-order chi connectivity index (χ1) is 13.3. The molecule has 154 valence electrons. The number of carbonyl (C=O) groups is 1. The molecule has 0 bridgehead atoms. The Morgan fingerprint density at radius 2 is 2.04 bits per heavy atom. The third kappa shape index (κ3) is 2.96. The van der Waals surface area contributed by atoms with Gasteiger partial charge in [0.25, 0.3) is 0 Å². The van der Waals surface area contributed by atoms with Crippen molar-refractivity contribution in [2.45, 2.75) is 50.2 Å². The Bertz CT molecular complexity index is 733. The Morgan fingerprint density at radius 1 is 1.29 bits per heavy atom. The Labute approximate surface area is 161 Å². The molecule has 1 aromatic rings. The van der Waals surface area contributed by atoms with Gasteiger partial charge in [0.15, 0.2) is 0 Å². The first kappa shape index (κ1) is 18.2. The predicted octanol–water partition coefficient (Wildman–Crippen LogP) is 2.11. The van der Waals surface area contributed by atoms with E-state index in [1.165, 1.54) is 6.33 Å². The maximum atomic E-state index is 13.0. The number of likely N-dealkylation sites (tertiary alicyclic amines) is 2. The van der Waals surface area contributed by atoms with Crippen molar-refractivity contribution < 1.29 is 18.0 Å². The molecule has 4 fully saturated rings. The molecule has 10 heteroatoms. The van der Waals surface area contributed by atoms with E-state index in [1.807, 2.05) is 9.80 Å². The molecule has 2 saturated carbocycles. The highest BCUT2D eigenvalue weighted by molar-refractivity contribution is 5.76. The lowest BCUT2D eigenvalue weighted by molar-refractivity contribution is -0.187. The first-order valence-corrected chi connectivity index (χ1v) is 9.99. The van der Waals surface area contributed by atoms with Crippen LogP contribution in [0.15, 0.2) is 6.33 Å². The van der Waals surface area contributed by atoms with Crippen LogP contribution in [0.5, 0.6) is 0 Å². The summed E-state index contributed by atoms with van der Waals surface area (Å²) in [5.74, 6) is 1.04. The fraction of sp³-hybridized carbons (Fsp3) is 0.833. The summed E-state index contributed by atoms with van der Waals surface area (Å²) in [6.07, 6.45) is 0.493.